The molecular formula is C11H16. The third-order valence-corrected chi connectivity index (χ3v) is 3.02. The maximum atomic E-state index is 2.36. The first-order valence-electron chi connectivity index (χ1n) is 4.67. The summed E-state index contributed by atoms with van der Waals surface area (Å²) in [4.78, 5) is 0. The Kier molecular flexibility index (Phi) is 1.63. The molecule has 0 heteroatoms. The molecule has 0 fully saturated rings. The zero-order valence-electron chi connectivity index (χ0n) is 7.43. The molecule has 0 amide bonds. The summed E-state index contributed by atoms with van der Waals surface area (Å²) in [5, 5.41) is 0. The predicted octanol–water partition coefficient (Wildman–Crippen LogP) is 3.31. The molecule has 0 aromatic heterocycles. The Bertz CT molecular complexity index is 220. The highest BCUT2D eigenvalue weighted by Crippen LogP contribution is 2.38. The summed E-state index contributed by atoms with van der Waals surface area (Å²) in [5.74, 6) is 1.67. The summed E-state index contributed by atoms with van der Waals surface area (Å²) in [7, 11) is 0. The van der Waals surface area contributed by atoms with E-state index in [-0.39, 0.29) is 0 Å². The lowest BCUT2D eigenvalue weighted by Gasteiger charge is -2.21. The second kappa shape index (κ2) is 2.51. The van der Waals surface area contributed by atoms with Crippen LogP contribution in [0.5, 0.6) is 0 Å². The topological polar surface area (TPSA) is 0 Å². The molecule has 11 heavy (non-hydrogen) atoms. The van der Waals surface area contributed by atoms with E-state index in [0.717, 1.165) is 11.8 Å². The fourth-order valence-corrected chi connectivity index (χ4v) is 2.24. The lowest BCUT2D eigenvalue weighted by Crippen LogP contribution is -2.07. The van der Waals surface area contributed by atoms with Gasteiger partial charge in [-0.2, -0.15) is 0 Å². The minimum Gasteiger partial charge on any atom is -0.0773 e. The molecule has 0 nitrogen and oxygen atoms in total. The second-order valence-electron chi connectivity index (χ2n) is 4.05. The Labute approximate surface area is 69.0 Å². The van der Waals surface area contributed by atoms with Gasteiger partial charge in [0.1, 0.15) is 0 Å². The summed E-state index contributed by atoms with van der Waals surface area (Å²) in [6.07, 6.45) is 8.78. The van der Waals surface area contributed by atoms with E-state index in [2.05, 4.69) is 26.0 Å². The van der Waals surface area contributed by atoms with Crippen LogP contribution in [0.25, 0.3) is 0 Å². The largest absolute Gasteiger partial charge is 0.0773 e. The van der Waals surface area contributed by atoms with Crippen molar-refractivity contribution in [3.05, 3.63) is 23.3 Å². The van der Waals surface area contributed by atoms with Gasteiger partial charge in [-0.3, -0.25) is 0 Å². The van der Waals surface area contributed by atoms with Gasteiger partial charge in [0.05, 0.1) is 0 Å². The van der Waals surface area contributed by atoms with Crippen LogP contribution in [-0.2, 0) is 0 Å². The second-order valence-corrected chi connectivity index (χ2v) is 4.05. The molecule has 0 spiro atoms. The van der Waals surface area contributed by atoms with Crippen LogP contribution in [0, 0.1) is 11.8 Å². The zero-order valence-corrected chi connectivity index (χ0v) is 7.43. The minimum atomic E-state index is 0.748. The maximum absolute atomic E-state index is 2.36. The summed E-state index contributed by atoms with van der Waals surface area (Å²) in [6.45, 7) is 4.68. The lowest BCUT2D eigenvalue weighted by atomic mass is 9.84. The Morgan fingerprint density at radius 3 is 3.00 bits per heavy atom. The number of hydrogen-bond acceptors (Lipinski definition) is 0. The monoisotopic (exact) mass is 148 g/mol. The number of allylic oxidation sites excluding steroid dienone is 4. The molecule has 2 rings (SSSR count). The van der Waals surface area contributed by atoms with E-state index in [1.54, 1.807) is 11.1 Å². The molecule has 0 radical (unpaired) electrons. The van der Waals surface area contributed by atoms with Crippen molar-refractivity contribution >= 4 is 0 Å². The fourth-order valence-electron chi connectivity index (χ4n) is 2.24. The van der Waals surface area contributed by atoms with Crippen molar-refractivity contribution in [3.63, 3.8) is 0 Å². The van der Waals surface area contributed by atoms with Gasteiger partial charge in [0.25, 0.3) is 0 Å². The standard InChI is InChI=1S/C11H16/c1-8-3-6-11-9(2)4-5-10(11)7-8/h4-5,8-9H,3,6-7H2,1-2H3. The summed E-state index contributed by atoms with van der Waals surface area (Å²) in [5.41, 5.74) is 3.37. The van der Waals surface area contributed by atoms with E-state index >= 15 is 0 Å². The molecule has 0 N–H and O–H groups in total. The maximum Gasteiger partial charge on any atom is -0.00426 e. The molecule has 0 saturated heterocycles. The van der Waals surface area contributed by atoms with Crippen LogP contribution in [0.2, 0.25) is 0 Å². The molecule has 2 aliphatic rings. The average molecular weight is 148 g/mol. The highest BCUT2D eigenvalue weighted by atomic mass is 14.3. The van der Waals surface area contributed by atoms with Gasteiger partial charge >= 0.3 is 0 Å². The number of rotatable bonds is 0. The van der Waals surface area contributed by atoms with E-state index in [9.17, 15) is 0 Å². The minimum absolute atomic E-state index is 0.748. The third kappa shape index (κ3) is 1.15. The Balaban J connectivity index is 2.23. The van der Waals surface area contributed by atoms with Crippen LogP contribution < -0.4 is 0 Å². The Morgan fingerprint density at radius 2 is 2.18 bits per heavy atom. The first kappa shape index (κ1) is 7.15. The molecule has 0 bridgehead atoms. The van der Waals surface area contributed by atoms with Crippen LogP contribution in [0.4, 0.5) is 0 Å². The molecule has 2 aliphatic carbocycles. The molecule has 2 atom stereocenters. The van der Waals surface area contributed by atoms with Gasteiger partial charge in [-0.15, -0.1) is 0 Å². The molecule has 60 valence electrons. The smallest absolute Gasteiger partial charge is 0.00426 e. The van der Waals surface area contributed by atoms with Gasteiger partial charge in [-0.25, -0.2) is 0 Å². The highest BCUT2D eigenvalue weighted by Gasteiger charge is 2.22. The SMILES string of the molecule is CC1CCC2=C(C=CC2C)C1. The molecule has 0 aliphatic heterocycles. The molecule has 0 aromatic rings. The van der Waals surface area contributed by atoms with Crippen LogP contribution in [0.15, 0.2) is 23.3 Å². The van der Waals surface area contributed by atoms with Crippen molar-refractivity contribution in [2.45, 2.75) is 33.1 Å². The van der Waals surface area contributed by atoms with Crippen molar-refractivity contribution in [2.24, 2.45) is 11.8 Å². The van der Waals surface area contributed by atoms with Gasteiger partial charge in [0, 0.05) is 0 Å². The van der Waals surface area contributed by atoms with Gasteiger partial charge in [-0.1, -0.05) is 31.6 Å². The van der Waals surface area contributed by atoms with E-state index in [1.165, 1.54) is 19.3 Å². The first-order valence-corrected chi connectivity index (χ1v) is 4.67. The van der Waals surface area contributed by atoms with Gasteiger partial charge in [0.15, 0.2) is 0 Å². The van der Waals surface area contributed by atoms with Crippen molar-refractivity contribution in [3.8, 4) is 0 Å². The van der Waals surface area contributed by atoms with Crippen LogP contribution >= 0.6 is 0 Å². The molecule has 0 aromatic carbocycles. The van der Waals surface area contributed by atoms with E-state index in [4.69, 9.17) is 0 Å². The zero-order chi connectivity index (χ0) is 7.84. The Morgan fingerprint density at radius 1 is 1.36 bits per heavy atom. The van der Waals surface area contributed by atoms with Crippen molar-refractivity contribution in [2.75, 3.05) is 0 Å². The summed E-state index contributed by atoms with van der Waals surface area (Å²) < 4.78 is 0. The number of hydrogen-bond donors (Lipinski definition) is 0. The molecule has 0 saturated carbocycles. The van der Waals surface area contributed by atoms with Crippen LogP contribution in [0.3, 0.4) is 0 Å². The third-order valence-electron chi connectivity index (χ3n) is 3.02. The summed E-state index contributed by atoms with van der Waals surface area (Å²) >= 11 is 0. The van der Waals surface area contributed by atoms with Crippen LogP contribution in [-0.4, -0.2) is 0 Å². The molecule has 2 unspecified atom stereocenters. The first-order chi connectivity index (χ1) is 5.27. The predicted molar refractivity (Wildman–Crippen MR) is 48.3 cm³/mol. The van der Waals surface area contributed by atoms with Crippen molar-refractivity contribution < 1.29 is 0 Å². The van der Waals surface area contributed by atoms with Gasteiger partial charge in [0.2, 0.25) is 0 Å². The Hall–Kier alpha value is -0.520. The van der Waals surface area contributed by atoms with Crippen molar-refractivity contribution in [1.82, 2.24) is 0 Å². The molecule has 0 heterocycles. The highest BCUT2D eigenvalue weighted by molar-refractivity contribution is 5.37. The van der Waals surface area contributed by atoms with Gasteiger partial charge in [-0.05, 0) is 36.7 Å². The quantitative estimate of drug-likeness (QED) is 0.494. The fraction of sp³-hybridized carbons (Fsp3) is 0.636. The van der Waals surface area contributed by atoms with E-state index in [0.29, 0.717) is 0 Å². The lowest BCUT2D eigenvalue weighted by molar-refractivity contribution is 0.491. The van der Waals surface area contributed by atoms with E-state index in [1.807, 2.05) is 0 Å². The van der Waals surface area contributed by atoms with Crippen LogP contribution in [0.1, 0.15) is 33.1 Å². The molecular weight excluding hydrogens is 132 g/mol. The van der Waals surface area contributed by atoms with Gasteiger partial charge < -0.3 is 0 Å². The normalized spacial score (nSPS) is 36.2. The van der Waals surface area contributed by atoms with Crippen molar-refractivity contribution in [1.29, 1.82) is 0 Å². The summed E-state index contributed by atoms with van der Waals surface area (Å²) in [6, 6.07) is 0. The average Bonchev–Trinajstić information content (AvgIpc) is 2.32. The van der Waals surface area contributed by atoms with E-state index < -0.39 is 0 Å².